The maximum absolute atomic E-state index is 13.4. The first kappa shape index (κ1) is 22.4. The van der Waals surface area contributed by atoms with Crippen molar-refractivity contribution >= 4 is 28.6 Å². The fraction of sp³-hybridized carbons (Fsp3) is 0.350. The van der Waals surface area contributed by atoms with Crippen LogP contribution in [0.5, 0.6) is 0 Å². The molecule has 160 valence electrons. The molecule has 0 bridgehead atoms. The minimum atomic E-state index is -5.07. The van der Waals surface area contributed by atoms with E-state index < -0.39 is 44.9 Å². The Morgan fingerprint density at radius 3 is 1.73 bits per heavy atom. The summed E-state index contributed by atoms with van der Waals surface area (Å²) in [5.41, 5.74) is 4.64. The molecule has 10 heteroatoms. The van der Waals surface area contributed by atoms with Crippen LogP contribution in [-0.4, -0.2) is 37.2 Å². The molecule has 1 saturated heterocycles. The molecule has 1 aliphatic heterocycles. The van der Waals surface area contributed by atoms with Gasteiger partial charge in [-0.25, -0.2) is 4.39 Å². The van der Waals surface area contributed by atoms with Crippen LogP contribution in [0.4, 0.5) is 4.39 Å². The van der Waals surface area contributed by atoms with Gasteiger partial charge in [-0.05, 0) is 56.4 Å². The van der Waals surface area contributed by atoms with Crippen LogP contribution >= 0.6 is 0 Å². The molecule has 1 unspecified atom stereocenters. The molecule has 1 heterocycles. The zero-order chi connectivity index (χ0) is 22.5. The summed E-state index contributed by atoms with van der Waals surface area (Å²) < 4.78 is 57.5. The van der Waals surface area contributed by atoms with Crippen LogP contribution in [0.3, 0.4) is 0 Å². The minimum Gasteiger partial charge on any atom is -0.399 e. The molecule has 1 fully saturated rings. The molecule has 0 saturated carbocycles. The van der Waals surface area contributed by atoms with Gasteiger partial charge in [0.05, 0.1) is 11.2 Å². The van der Waals surface area contributed by atoms with Crippen molar-refractivity contribution in [3.05, 3.63) is 65.5 Å². The normalized spacial score (nSPS) is 20.0. The highest BCUT2D eigenvalue weighted by atomic mass is 32.2. The third-order valence-corrected chi connectivity index (χ3v) is 7.27. The Morgan fingerprint density at radius 2 is 1.37 bits per heavy atom. The molecule has 1 aliphatic rings. The van der Waals surface area contributed by atoms with Crippen molar-refractivity contribution in [3.63, 3.8) is 0 Å². The van der Waals surface area contributed by atoms with Gasteiger partial charge in [-0.1, -0.05) is 36.4 Å². The first-order valence-electron chi connectivity index (χ1n) is 9.21. The molecule has 1 atom stereocenters. The van der Waals surface area contributed by atoms with E-state index in [1.165, 1.54) is 24.3 Å². The van der Waals surface area contributed by atoms with E-state index in [-0.39, 0.29) is 11.1 Å². The highest BCUT2D eigenvalue weighted by Crippen LogP contribution is 2.39. The van der Waals surface area contributed by atoms with Gasteiger partial charge in [0, 0.05) is 0 Å². The number of hydrogen-bond donors (Lipinski definition) is 2. The minimum absolute atomic E-state index is 0.0932. The Bertz CT molecular complexity index is 1050. The van der Waals surface area contributed by atoms with Crippen LogP contribution in [0.1, 0.15) is 38.8 Å². The third-order valence-electron chi connectivity index (χ3n) is 5.83. The van der Waals surface area contributed by atoms with Crippen LogP contribution in [0, 0.1) is 5.82 Å². The first-order chi connectivity index (χ1) is 13.7. The summed E-state index contributed by atoms with van der Waals surface area (Å²) in [5, 5.41) is 0. The van der Waals surface area contributed by atoms with E-state index in [9.17, 15) is 22.2 Å². The Kier molecular flexibility index (Phi) is 5.35. The fourth-order valence-electron chi connectivity index (χ4n) is 3.41. The van der Waals surface area contributed by atoms with Crippen molar-refractivity contribution in [2.45, 2.75) is 43.6 Å². The Labute approximate surface area is 175 Å². The van der Waals surface area contributed by atoms with Gasteiger partial charge in [0.15, 0.2) is 0 Å². The van der Waals surface area contributed by atoms with Gasteiger partial charge >= 0.3 is 7.12 Å². The third kappa shape index (κ3) is 3.43. The smallest absolute Gasteiger partial charge is 0.399 e. The number of hydrogen-bond acceptors (Lipinski definition) is 5. The van der Waals surface area contributed by atoms with E-state index in [2.05, 4.69) is 0 Å². The number of benzene rings is 2. The summed E-state index contributed by atoms with van der Waals surface area (Å²) in [5.74, 6) is -1.96. The zero-order valence-corrected chi connectivity index (χ0v) is 17.9. The van der Waals surface area contributed by atoms with Gasteiger partial charge in [0.2, 0.25) is 4.75 Å². The van der Waals surface area contributed by atoms with Crippen LogP contribution in [0.25, 0.3) is 0 Å². The van der Waals surface area contributed by atoms with Crippen molar-refractivity contribution in [3.8, 4) is 0 Å². The number of primary amides is 1. The molecule has 2 aromatic rings. The van der Waals surface area contributed by atoms with Gasteiger partial charge in [0.1, 0.15) is 5.82 Å². The summed E-state index contributed by atoms with van der Waals surface area (Å²) in [4.78, 5) is 12.4. The van der Waals surface area contributed by atoms with E-state index in [0.717, 1.165) is 24.3 Å². The molecule has 0 aliphatic carbocycles. The zero-order valence-electron chi connectivity index (χ0n) is 17.0. The lowest BCUT2D eigenvalue weighted by atomic mass is 9.77. The number of amides is 1. The molecule has 1 amide bonds. The van der Waals surface area contributed by atoms with Crippen LogP contribution in [-0.2, 0) is 29.0 Å². The first-order valence-corrected chi connectivity index (χ1v) is 10.7. The Hall–Kier alpha value is -2.27. The highest BCUT2D eigenvalue weighted by molar-refractivity contribution is 7.87. The van der Waals surface area contributed by atoms with Gasteiger partial charge in [0.25, 0.3) is 16.0 Å². The van der Waals surface area contributed by atoms with Gasteiger partial charge in [-0.15, -0.1) is 0 Å². The number of nitrogens with two attached hydrogens (primary N) is 1. The van der Waals surface area contributed by atoms with E-state index in [1.54, 1.807) is 0 Å². The monoisotopic (exact) mass is 435 g/mol. The number of carbonyl (C=O) groups excluding carboxylic acids is 1. The van der Waals surface area contributed by atoms with E-state index >= 15 is 0 Å². The average molecular weight is 435 g/mol. The quantitative estimate of drug-likeness (QED) is 0.546. The molecule has 0 radical (unpaired) electrons. The second kappa shape index (κ2) is 7.16. The predicted octanol–water partition coefficient (Wildman–Crippen LogP) is 1.74. The van der Waals surface area contributed by atoms with Crippen molar-refractivity contribution in [2.24, 2.45) is 5.73 Å². The number of rotatable bonds is 5. The van der Waals surface area contributed by atoms with Crippen molar-refractivity contribution in [1.29, 1.82) is 0 Å². The maximum atomic E-state index is 13.4. The lowest BCUT2D eigenvalue weighted by molar-refractivity contribution is -0.119. The van der Waals surface area contributed by atoms with Crippen molar-refractivity contribution in [1.82, 2.24) is 0 Å². The molecular weight excluding hydrogens is 412 g/mol. The van der Waals surface area contributed by atoms with E-state index in [4.69, 9.17) is 15.0 Å². The lowest BCUT2D eigenvalue weighted by Gasteiger charge is -2.32. The van der Waals surface area contributed by atoms with Crippen LogP contribution < -0.4 is 11.2 Å². The van der Waals surface area contributed by atoms with Gasteiger partial charge in [-0.3, -0.25) is 9.35 Å². The molecular formula is C20H23BFNO6S. The molecule has 0 aromatic heterocycles. The molecule has 2 aromatic carbocycles. The second-order valence-electron chi connectivity index (χ2n) is 8.24. The van der Waals surface area contributed by atoms with Crippen LogP contribution in [0.15, 0.2) is 48.5 Å². The van der Waals surface area contributed by atoms with Gasteiger partial charge < -0.3 is 15.0 Å². The Balaban J connectivity index is 2.11. The largest absolute Gasteiger partial charge is 0.494 e. The molecule has 7 nitrogen and oxygen atoms in total. The summed E-state index contributed by atoms with van der Waals surface area (Å²) >= 11 is 0. The fourth-order valence-corrected chi connectivity index (χ4v) is 4.54. The van der Waals surface area contributed by atoms with E-state index in [1.807, 2.05) is 27.7 Å². The second-order valence-corrected chi connectivity index (χ2v) is 9.80. The van der Waals surface area contributed by atoms with Crippen molar-refractivity contribution in [2.75, 3.05) is 0 Å². The molecule has 0 spiro atoms. The summed E-state index contributed by atoms with van der Waals surface area (Å²) in [6, 6.07) is 9.91. The molecule has 30 heavy (non-hydrogen) atoms. The lowest BCUT2D eigenvalue weighted by Crippen LogP contribution is -2.48. The predicted molar refractivity (Wildman–Crippen MR) is 110 cm³/mol. The van der Waals surface area contributed by atoms with E-state index in [0.29, 0.717) is 5.46 Å². The number of carbonyl (C=O) groups is 1. The number of halogens is 1. The standard InChI is InChI=1S/C20H23BFNO6S/c1-18(2)19(3,4)29-21(28-18)15-9-5-13(6-10-15)20(17(23)24,30(25,26)27)14-7-11-16(22)12-8-14/h5-12H,1-4H3,(H2,23,24)(H,25,26,27). The Morgan fingerprint density at radius 1 is 0.967 bits per heavy atom. The maximum Gasteiger partial charge on any atom is 0.494 e. The molecule has 3 rings (SSSR count). The topological polar surface area (TPSA) is 116 Å². The van der Waals surface area contributed by atoms with Gasteiger partial charge in [-0.2, -0.15) is 8.42 Å². The summed E-state index contributed by atoms with van der Waals surface area (Å²) in [7, 11) is -5.78. The van der Waals surface area contributed by atoms with Crippen LogP contribution in [0.2, 0.25) is 0 Å². The molecule has 3 N–H and O–H groups in total. The summed E-state index contributed by atoms with van der Waals surface area (Å²) in [6.07, 6.45) is 0. The SMILES string of the molecule is CC1(C)OB(c2ccc(C(C(N)=O)(c3ccc(F)cc3)S(=O)(=O)O)cc2)OC1(C)C. The summed E-state index contributed by atoms with van der Waals surface area (Å²) in [6.45, 7) is 7.58. The van der Waals surface area contributed by atoms with Crippen molar-refractivity contribution < 1.29 is 31.5 Å². The highest BCUT2D eigenvalue weighted by Gasteiger charge is 2.54. The average Bonchev–Trinajstić information content (AvgIpc) is 2.84.